The molecule has 6 heteroatoms. The highest BCUT2D eigenvalue weighted by Crippen LogP contribution is 2.73. The number of rotatable bonds is 2. The summed E-state index contributed by atoms with van der Waals surface area (Å²) in [5, 5.41) is 42.9. The third kappa shape index (κ3) is 3.97. The minimum Gasteiger partial charge on any atom is -0.388 e. The molecular weight excluding hydrogens is 528 g/mol. The Morgan fingerprint density at radius 3 is 2.24 bits per heavy atom. The maximum absolute atomic E-state index is 12.1. The second kappa shape index (κ2) is 9.87. The van der Waals surface area contributed by atoms with Crippen LogP contribution in [0.4, 0.5) is 0 Å². The van der Waals surface area contributed by atoms with Gasteiger partial charge < -0.3 is 29.9 Å². The third-order valence-electron chi connectivity index (χ3n) is 15.2. The summed E-state index contributed by atoms with van der Waals surface area (Å²) in [7, 11) is 0. The fourth-order valence-electron chi connectivity index (χ4n) is 11.9. The van der Waals surface area contributed by atoms with E-state index in [0.29, 0.717) is 29.6 Å². The van der Waals surface area contributed by atoms with Gasteiger partial charge in [-0.1, -0.05) is 67.5 Å². The van der Waals surface area contributed by atoms with Crippen molar-refractivity contribution in [3.05, 3.63) is 23.3 Å². The van der Waals surface area contributed by atoms with Gasteiger partial charge in [0.25, 0.3) is 0 Å². The maximum Gasteiger partial charge on any atom is 0.186 e. The Balaban J connectivity index is 1.34. The van der Waals surface area contributed by atoms with Crippen LogP contribution in [-0.2, 0) is 9.47 Å². The Hall–Kier alpha value is -0.760. The van der Waals surface area contributed by atoms with Crippen LogP contribution in [0.3, 0.4) is 0 Å². The Labute approximate surface area is 254 Å². The molecule has 0 bridgehead atoms. The Morgan fingerprint density at radius 2 is 1.55 bits per heavy atom. The fraction of sp³-hybridized carbons (Fsp3) is 0.889. The average molecular weight is 587 g/mol. The average Bonchev–Trinajstić information content (AvgIpc) is 2.92. The summed E-state index contributed by atoms with van der Waals surface area (Å²) >= 11 is 0. The largest absolute Gasteiger partial charge is 0.388 e. The Morgan fingerprint density at radius 1 is 0.857 bits per heavy atom. The Bertz CT molecular complexity index is 1140. The molecule has 4 fully saturated rings. The van der Waals surface area contributed by atoms with Crippen molar-refractivity contribution in [1.29, 1.82) is 0 Å². The van der Waals surface area contributed by atoms with Gasteiger partial charge in [0.15, 0.2) is 6.29 Å². The van der Waals surface area contributed by atoms with Gasteiger partial charge in [-0.2, -0.15) is 0 Å². The Kier molecular flexibility index (Phi) is 7.34. The van der Waals surface area contributed by atoms with Crippen LogP contribution in [0.25, 0.3) is 0 Å². The van der Waals surface area contributed by atoms with Gasteiger partial charge in [-0.25, -0.2) is 0 Å². The van der Waals surface area contributed by atoms with Crippen molar-refractivity contribution >= 4 is 0 Å². The van der Waals surface area contributed by atoms with Gasteiger partial charge in [0, 0.05) is 0 Å². The van der Waals surface area contributed by atoms with E-state index in [1.54, 1.807) is 0 Å². The van der Waals surface area contributed by atoms with E-state index in [0.717, 1.165) is 32.1 Å². The van der Waals surface area contributed by atoms with E-state index in [2.05, 4.69) is 74.5 Å². The number of hydrogen-bond donors (Lipinski definition) is 4. The summed E-state index contributed by atoms with van der Waals surface area (Å²) in [4.78, 5) is 0. The molecule has 6 nitrogen and oxygen atoms in total. The maximum atomic E-state index is 12.1. The van der Waals surface area contributed by atoms with Gasteiger partial charge in [-0.05, 0) is 114 Å². The number of hydrogen-bond acceptors (Lipinski definition) is 6. The van der Waals surface area contributed by atoms with Gasteiger partial charge in [0.05, 0.1) is 18.3 Å². The summed E-state index contributed by atoms with van der Waals surface area (Å²) in [6.45, 7) is 21.3. The van der Waals surface area contributed by atoms with Crippen LogP contribution >= 0.6 is 0 Å². The molecule has 15 atom stereocenters. The highest BCUT2D eigenvalue weighted by Gasteiger charge is 2.67. The minimum absolute atomic E-state index is 0.0186. The van der Waals surface area contributed by atoms with Gasteiger partial charge in [-0.3, -0.25) is 0 Å². The van der Waals surface area contributed by atoms with E-state index in [1.165, 1.54) is 17.6 Å². The van der Waals surface area contributed by atoms with Crippen molar-refractivity contribution < 1.29 is 29.9 Å². The number of aliphatic hydroxyl groups is 4. The van der Waals surface area contributed by atoms with Crippen molar-refractivity contribution in [3.8, 4) is 0 Å². The smallest absolute Gasteiger partial charge is 0.186 e. The van der Waals surface area contributed by atoms with Crippen molar-refractivity contribution in [1.82, 2.24) is 0 Å². The molecule has 1 aliphatic heterocycles. The van der Waals surface area contributed by atoms with E-state index in [1.807, 2.05) is 0 Å². The van der Waals surface area contributed by atoms with Crippen LogP contribution in [0, 0.1) is 57.2 Å². The normalized spacial score (nSPS) is 57.1. The number of allylic oxidation sites excluding steroid dienone is 3. The molecule has 0 aromatic heterocycles. The third-order valence-corrected chi connectivity index (χ3v) is 15.2. The molecule has 0 spiro atoms. The van der Waals surface area contributed by atoms with Gasteiger partial charge in [-0.15, -0.1) is 0 Å². The van der Waals surface area contributed by atoms with E-state index < -0.39 is 30.2 Å². The van der Waals surface area contributed by atoms with Gasteiger partial charge >= 0.3 is 0 Å². The van der Waals surface area contributed by atoms with Crippen LogP contribution in [0.1, 0.15) is 101 Å². The van der Waals surface area contributed by atoms with Crippen molar-refractivity contribution in [2.45, 2.75) is 137 Å². The molecule has 6 rings (SSSR count). The number of aliphatic hydroxyl groups excluding tert-OH is 3. The van der Waals surface area contributed by atoms with Crippen LogP contribution in [0.15, 0.2) is 23.3 Å². The molecule has 0 radical (unpaired) electrons. The molecular formula is C36H58O6. The van der Waals surface area contributed by atoms with Crippen molar-refractivity contribution in [2.24, 2.45) is 57.2 Å². The van der Waals surface area contributed by atoms with Gasteiger partial charge in [0.2, 0.25) is 0 Å². The minimum atomic E-state index is -1.26. The monoisotopic (exact) mass is 586 g/mol. The molecule has 5 aliphatic carbocycles. The predicted molar refractivity (Wildman–Crippen MR) is 163 cm³/mol. The predicted octanol–water partition coefficient (Wildman–Crippen LogP) is 5.63. The van der Waals surface area contributed by atoms with Crippen molar-refractivity contribution in [3.63, 3.8) is 0 Å². The molecule has 4 N–H and O–H groups in total. The molecule has 6 aliphatic rings. The lowest BCUT2D eigenvalue weighted by molar-refractivity contribution is -0.306. The fourth-order valence-corrected chi connectivity index (χ4v) is 11.9. The highest BCUT2D eigenvalue weighted by atomic mass is 16.7. The SMILES string of the molecule is CC1C2CCC3(C)C(=C2C(C)(O)C(C)C1C)C=CC1C2(C)CCC(OC4OCC(O)C(O)C4O)C(C)(C)C2CCC13C. The summed E-state index contributed by atoms with van der Waals surface area (Å²) in [6.07, 6.45) is 6.81. The molecule has 0 aromatic carbocycles. The second-order valence-corrected chi connectivity index (χ2v) is 17.0. The number of ether oxygens (including phenoxy) is 2. The summed E-state index contributed by atoms with van der Waals surface area (Å²) < 4.78 is 12.1. The van der Waals surface area contributed by atoms with Crippen molar-refractivity contribution in [2.75, 3.05) is 6.61 Å². The molecule has 1 saturated heterocycles. The van der Waals surface area contributed by atoms with E-state index in [-0.39, 0.29) is 40.3 Å². The quantitative estimate of drug-likeness (QED) is 0.313. The standard InChI is InChI=1S/C36H58O6/c1-19-20(2)22-12-16-34(7)23(28(22)36(9,40)21(19)3)10-11-26-33(6)15-14-27(32(4,5)25(33)13-17-35(26,34)8)42-31-30(39)29(38)24(37)18-41-31/h10-11,19-22,24-27,29-31,37-40H,12-18H2,1-9H3. The summed E-state index contributed by atoms with van der Waals surface area (Å²) in [5.41, 5.74) is 2.05. The van der Waals surface area contributed by atoms with E-state index in [4.69, 9.17) is 9.47 Å². The number of fused-ring (bicyclic) bond motifs is 6. The topological polar surface area (TPSA) is 99.4 Å². The van der Waals surface area contributed by atoms with Crippen LogP contribution in [0.5, 0.6) is 0 Å². The first-order valence-electron chi connectivity index (χ1n) is 16.9. The van der Waals surface area contributed by atoms with Gasteiger partial charge in [0.1, 0.15) is 18.3 Å². The van der Waals surface area contributed by atoms with E-state index >= 15 is 0 Å². The molecule has 3 saturated carbocycles. The highest BCUT2D eigenvalue weighted by molar-refractivity contribution is 5.47. The molecule has 15 unspecified atom stereocenters. The first-order chi connectivity index (χ1) is 19.4. The zero-order valence-corrected chi connectivity index (χ0v) is 27.6. The molecule has 238 valence electrons. The molecule has 0 aromatic rings. The molecule has 42 heavy (non-hydrogen) atoms. The van der Waals surface area contributed by atoms with Crippen LogP contribution in [0.2, 0.25) is 0 Å². The molecule has 1 heterocycles. The zero-order chi connectivity index (χ0) is 30.8. The lowest BCUT2D eigenvalue weighted by Crippen LogP contribution is -2.64. The zero-order valence-electron chi connectivity index (χ0n) is 27.6. The first kappa shape index (κ1) is 31.2. The van der Waals surface area contributed by atoms with E-state index in [9.17, 15) is 20.4 Å². The second-order valence-electron chi connectivity index (χ2n) is 17.0. The summed E-state index contributed by atoms with van der Waals surface area (Å²) in [5.74, 6) is 2.60. The molecule has 0 amide bonds. The lowest BCUT2D eigenvalue weighted by Gasteiger charge is -2.69. The van der Waals surface area contributed by atoms with Crippen LogP contribution < -0.4 is 0 Å². The van der Waals surface area contributed by atoms with Crippen LogP contribution in [-0.4, -0.2) is 63.3 Å². The summed E-state index contributed by atoms with van der Waals surface area (Å²) in [6, 6.07) is 0. The first-order valence-corrected chi connectivity index (χ1v) is 16.9. The lowest BCUT2D eigenvalue weighted by atomic mass is 9.35.